The summed E-state index contributed by atoms with van der Waals surface area (Å²) in [5.74, 6) is 0. The summed E-state index contributed by atoms with van der Waals surface area (Å²) in [6.07, 6.45) is 2.14. The van der Waals surface area contributed by atoms with Gasteiger partial charge in [-0.3, -0.25) is 0 Å². The molecule has 0 bridgehead atoms. The summed E-state index contributed by atoms with van der Waals surface area (Å²) in [5.41, 5.74) is 2.69. The van der Waals surface area contributed by atoms with E-state index in [0.29, 0.717) is 0 Å². The fourth-order valence-electron chi connectivity index (χ4n) is 2.24. The Bertz CT molecular complexity index is 403. The van der Waals surface area contributed by atoms with Gasteiger partial charge in [0.2, 0.25) is 0 Å². The number of urea groups is 1. The first-order valence-corrected chi connectivity index (χ1v) is 6.29. The normalized spacial score (nSPS) is 15.1. The molecular formula is C14H20N2O. The molecule has 1 aliphatic rings. The summed E-state index contributed by atoms with van der Waals surface area (Å²) in [6.45, 7) is 4.37. The summed E-state index contributed by atoms with van der Waals surface area (Å²) >= 11 is 0. The molecule has 0 saturated carbocycles. The predicted octanol–water partition coefficient (Wildman–Crippen LogP) is 2.51. The first-order chi connectivity index (χ1) is 8.22. The number of hydrogen-bond acceptors (Lipinski definition) is 1. The Kier molecular flexibility index (Phi) is 3.67. The van der Waals surface area contributed by atoms with E-state index in [9.17, 15) is 4.79 Å². The van der Waals surface area contributed by atoms with Crippen LogP contribution in [0.4, 0.5) is 4.79 Å². The number of fused-ring (bicyclic) bond motifs is 1. The van der Waals surface area contributed by atoms with Gasteiger partial charge in [-0.2, -0.15) is 0 Å². The molecular weight excluding hydrogens is 212 g/mol. The van der Waals surface area contributed by atoms with Gasteiger partial charge in [0.25, 0.3) is 0 Å². The average molecular weight is 232 g/mol. The predicted molar refractivity (Wildman–Crippen MR) is 68.9 cm³/mol. The van der Waals surface area contributed by atoms with Crippen molar-refractivity contribution in [2.45, 2.75) is 26.3 Å². The van der Waals surface area contributed by atoms with Crippen molar-refractivity contribution in [2.24, 2.45) is 0 Å². The van der Waals surface area contributed by atoms with Gasteiger partial charge in [-0.15, -0.1) is 0 Å². The maximum atomic E-state index is 12.1. The lowest BCUT2D eigenvalue weighted by Gasteiger charge is -2.26. The minimum Gasteiger partial charge on any atom is -0.328 e. The van der Waals surface area contributed by atoms with E-state index < -0.39 is 0 Å². The number of amides is 2. The molecule has 0 saturated heterocycles. The fraction of sp³-hybridized carbons (Fsp3) is 0.500. The van der Waals surface area contributed by atoms with Crippen LogP contribution in [-0.4, -0.2) is 36.0 Å². The van der Waals surface area contributed by atoms with Crippen LogP contribution in [0.5, 0.6) is 0 Å². The highest BCUT2D eigenvalue weighted by atomic mass is 16.2. The monoisotopic (exact) mass is 232 g/mol. The van der Waals surface area contributed by atoms with Crippen molar-refractivity contribution in [3.8, 4) is 0 Å². The molecule has 92 valence electrons. The molecule has 1 aromatic carbocycles. The van der Waals surface area contributed by atoms with Crippen molar-refractivity contribution in [1.29, 1.82) is 0 Å². The molecule has 0 unspecified atom stereocenters. The number of nitrogens with zero attached hydrogens (tertiary/aromatic N) is 2. The van der Waals surface area contributed by atoms with Crippen molar-refractivity contribution >= 4 is 6.03 Å². The summed E-state index contributed by atoms with van der Waals surface area (Å²) in [5, 5.41) is 0. The second-order valence-electron chi connectivity index (χ2n) is 4.59. The molecule has 3 nitrogen and oxygen atoms in total. The molecule has 1 aliphatic heterocycles. The molecule has 3 heteroatoms. The Hall–Kier alpha value is -1.51. The SMILES string of the molecule is CCN(C)C(=O)N1CCCc2ccccc2C1. The van der Waals surface area contributed by atoms with Crippen LogP contribution in [0.1, 0.15) is 24.5 Å². The summed E-state index contributed by atoms with van der Waals surface area (Å²) in [4.78, 5) is 15.9. The zero-order valence-electron chi connectivity index (χ0n) is 10.6. The Morgan fingerprint density at radius 2 is 2.06 bits per heavy atom. The average Bonchev–Trinajstić information content (AvgIpc) is 2.58. The van der Waals surface area contributed by atoms with E-state index in [1.54, 1.807) is 4.90 Å². The van der Waals surface area contributed by atoms with Crippen molar-refractivity contribution < 1.29 is 4.79 Å². The third-order valence-corrected chi connectivity index (χ3v) is 3.43. The van der Waals surface area contributed by atoms with Gasteiger partial charge in [0.05, 0.1) is 0 Å². The largest absolute Gasteiger partial charge is 0.328 e. The van der Waals surface area contributed by atoms with E-state index in [4.69, 9.17) is 0 Å². The number of carbonyl (C=O) groups excluding carboxylic acids is 1. The van der Waals surface area contributed by atoms with Crippen LogP contribution in [0.2, 0.25) is 0 Å². The van der Waals surface area contributed by atoms with E-state index in [1.165, 1.54) is 11.1 Å². The molecule has 0 radical (unpaired) electrons. The van der Waals surface area contributed by atoms with E-state index in [0.717, 1.165) is 32.5 Å². The fourth-order valence-corrected chi connectivity index (χ4v) is 2.24. The van der Waals surface area contributed by atoms with E-state index in [2.05, 4.69) is 24.3 Å². The topological polar surface area (TPSA) is 23.6 Å². The third kappa shape index (κ3) is 2.60. The van der Waals surface area contributed by atoms with Gasteiger partial charge < -0.3 is 9.80 Å². The molecule has 1 aromatic rings. The Balaban J connectivity index is 2.15. The summed E-state index contributed by atoms with van der Waals surface area (Å²) in [7, 11) is 1.86. The lowest BCUT2D eigenvalue weighted by molar-refractivity contribution is 0.163. The van der Waals surface area contributed by atoms with Crippen LogP contribution < -0.4 is 0 Å². The molecule has 2 rings (SSSR count). The quantitative estimate of drug-likeness (QED) is 0.729. The molecule has 0 N–H and O–H groups in total. The van der Waals surface area contributed by atoms with Gasteiger partial charge in [0.15, 0.2) is 0 Å². The second kappa shape index (κ2) is 5.21. The second-order valence-corrected chi connectivity index (χ2v) is 4.59. The van der Waals surface area contributed by atoms with Crippen LogP contribution in [0.25, 0.3) is 0 Å². The molecule has 0 aliphatic carbocycles. The van der Waals surface area contributed by atoms with E-state index >= 15 is 0 Å². The Morgan fingerprint density at radius 3 is 2.76 bits per heavy atom. The number of benzene rings is 1. The maximum absolute atomic E-state index is 12.1. The summed E-state index contributed by atoms with van der Waals surface area (Å²) < 4.78 is 0. The Labute approximate surface area is 103 Å². The minimum atomic E-state index is 0.143. The highest BCUT2D eigenvalue weighted by molar-refractivity contribution is 5.74. The van der Waals surface area contributed by atoms with Gasteiger partial charge in [0.1, 0.15) is 0 Å². The molecule has 2 amide bonds. The third-order valence-electron chi connectivity index (χ3n) is 3.43. The molecule has 0 aromatic heterocycles. The van der Waals surface area contributed by atoms with Gasteiger partial charge in [0, 0.05) is 26.7 Å². The van der Waals surface area contributed by atoms with Gasteiger partial charge in [-0.1, -0.05) is 24.3 Å². The molecule has 1 heterocycles. The van der Waals surface area contributed by atoms with Gasteiger partial charge in [-0.05, 0) is 30.9 Å². The van der Waals surface area contributed by atoms with Crippen LogP contribution in [0, 0.1) is 0 Å². The van der Waals surface area contributed by atoms with Crippen LogP contribution in [0.3, 0.4) is 0 Å². The molecule has 0 atom stereocenters. The molecule has 17 heavy (non-hydrogen) atoms. The molecule has 0 fully saturated rings. The summed E-state index contributed by atoms with van der Waals surface area (Å²) in [6, 6.07) is 8.58. The first kappa shape index (κ1) is 12.0. The van der Waals surface area contributed by atoms with Crippen molar-refractivity contribution in [1.82, 2.24) is 9.80 Å². The number of hydrogen-bond donors (Lipinski definition) is 0. The maximum Gasteiger partial charge on any atom is 0.320 e. The number of rotatable bonds is 1. The standard InChI is InChI=1S/C14H20N2O/c1-3-15(2)14(17)16-10-6-9-12-7-4-5-8-13(12)11-16/h4-5,7-8H,3,6,9-11H2,1-2H3. The lowest BCUT2D eigenvalue weighted by Crippen LogP contribution is -2.40. The van der Waals surface area contributed by atoms with Crippen molar-refractivity contribution in [3.05, 3.63) is 35.4 Å². The highest BCUT2D eigenvalue weighted by Crippen LogP contribution is 2.19. The van der Waals surface area contributed by atoms with Crippen LogP contribution in [-0.2, 0) is 13.0 Å². The lowest BCUT2D eigenvalue weighted by atomic mass is 10.0. The van der Waals surface area contributed by atoms with Gasteiger partial charge >= 0.3 is 6.03 Å². The Morgan fingerprint density at radius 1 is 1.35 bits per heavy atom. The number of aryl methyl sites for hydroxylation is 1. The van der Waals surface area contributed by atoms with E-state index in [1.807, 2.05) is 18.9 Å². The minimum absolute atomic E-state index is 0.143. The number of carbonyl (C=O) groups is 1. The van der Waals surface area contributed by atoms with Gasteiger partial charge in [-0.25, -0.2) is 4.79 Å². The zero-order valence-corrected chi connectivity index (χ0v) is 10.6. The van der Waals surface area contributed by atoms with Crippen molar-refractivity contribution in [2.75, 3.05) is 20.1 Å². The first-order valence-electron chi connectivity index (χ1n) is 6.29. The van der Waals surface area contributed by atoms with E-state index in [-0.39, 0.29) is 6.03 Å². The zero-order chi connectivity index (χ0) is 12.3. The van der Waals surface area contributed by atoms with Crippen LogP contribution in [0.15, 0.2) is 24.3 Å². The van der Waals surface area contributed by atoms with Crippen LogP contribution >= 0.6 is 0 Å². The van der Waals surface area contributed by atoms with Crippen molar-refractivity contribution in [3.63, 3.8) is 0 Å². The highest BCUT2D eigenvalue weighted by Gasteiger charge is 2.20. The molecule has 0 spiro atoms. The smallest absolute Gasteiger partial charge is 0.320 e.